The summed E-state index contributed by atoms with van der Waals surface area (Å²) in [5.41, 5.74) is 8.95. The fraction of sp³-hybridized carbons (Fsp3) is 0.143. The van der Waals surface area contributed by atoms with Crippen LogP contribution in [0.3, 0.4) is 0 Å². The monoisotopic (exact) mass is 288 g/mol. The van der Waals surface area contributed by atoms with E-state index in [1.165, 1.54) is 0 Å². The highest BCUT2D eigenvalue weighted by atomic mass is 35.5. The largest absolute Gasteiger partial charge is 0.463 e. The van der Waals surface area contributed by atoms with Crippen LogP contribution in [-0.4, -0.2) is 15.0 Å². The van der Waals surface area contributed by atoms with E-state index in [1.54, 1.807) is 10.9 Å². The predicted molar refractivity (Wildman–Crippen MR) is 76.7 cm³/mol. The van der Waals surface area contributed by atoms with Gasteiger partial charge in [0.1, 0.15) is 11.4 Å². The van der Waals surface area contributed by atoms with Crippen LogP contribution in [0.4, 0.5) is 0 Å². The zero-order chi connectivity index (χ0) is 14.1. The lowest BCUT2D eigenvalue weighted by Crippen LogP contribution is -2.03. The molecular weight excluding hydrogens is 276 g/mol. The van der Waals surface area contributed by atoms with Gasteiger partial charge in [-0.3, -0.25) is 0 Å². The van der Waals surface area contributed by atoms with Gasteiger partial charge in [-0.05, 0) is 36.8 Å². The third kappa shape index (κ3) is 2.01. The van der Waals surface area contributed by atoms with Crippen molar-refractivity contribution in [1.82, 2.24) is 15.0 Å². The van der Waals surface area contributed by atoms with Crippen molar-refractivity contribution in [3.63, 3.8) is 0 Å². The van der Waals surface area contributed by atoms with E-state index in [4.69, 9.17) is 21.8 Å². The number of hydrogen-bond acceptors (Lipinski definition) is 4. The van der Waals surface area contributed by atoms with Crippen LogP contribution in [0.2, 0.25) is 5.02 Å². The Morgan fingerprint density at radius 3 is 2.85 bits per heavy atom. The highest BCUT2D eigenvalue weighted by molar-refractivity contribution is 6.31. The van der Waals surface area contributed by atoms with Crippen molar-refractivity contribution in [3.8, 4) is 17.1 Å². The van der Waals surface area contributed by atoms with Gasteiger partial charge in [0.05, 0.1) is 12.0 Å². The first-order valence-corrected chi connectivity index (χ1v) is 6.54. The van der Waals surface area contributed by atoms with Gasteiger partial charge in [0.25, 0.3) is 0 Å². The smallest absolute Gasteiger partial charge is 0.154 e. The first-order chi connectivity index (χ1) is 9.72. The third-order valence-corrected chi connectivity index (χ3v) is 3.56. The van der Waals surface area contributed by atoms with Crippen LogP contribution in [0.1, 0.15) is 11.3 Å². The molecule has 3 aromatic rings. The summed E-state index contributed by atoms with van der Waals surface area (Å²) < 4.78 is 7.17. The second kappa shape index (κ2) is 5.11. The number of aromatic nitrogens is 3. The van der Waals surface area contributed by atoms with E-state index in [0.29, 0.717) is 16.5 Å². The number of nitrogens with zero attached hydrogens (tertiary/aromatic N) is 3. The third-order valence-electron chi connectivity index (χ3n) is 3.16. The van der Waals surface area contributed by atoms with E-state index in [0.717, 1.165) is 16.9 Å². The van der Waals surface area contributed by atoms with Crippen molar-refractivity contribution >= 4 is 11.6 Å². The Morgan fingerprint density at radius 2 is 2.15 bits per heavy atom. The summed E-state index contributed by atoms with van der Waals surface area (Å²) in [4.78, 5) is 0. The Hall–Kier alpha value is -2.11. The van der Waals surface area contributed by atoms with Crippen LogP contribution < -0.4 is 5.73 Å². The zero-order valence-corrected chi connectivity index (χ0v) is 11.6. The molecule has 0 radical (unpaired) electrons. The zero-order valence-electron chi connectivity index (χ0n) is 10.9. The molecule has 0 aliphatic heterocycles. The fourth-order valence-corrected chi connectivity index (χ4v) is 2.27. The molecule has 0 spiro atoms. The molecule has 0 bridgehead atoms. The SMILES string of the molecule is Cc1c(Cl)cccc1-n1nnc(CN)c1-c1ccco1. The summed E-state index contributed by atoms with van der Waals surface area (Å²) in [6.45, 7) is 2.23. The minimum Gasteiger partial charge on any atom is -0.463 e. The molecule has 0 aliphatic rings. The lowest BCUT2D eigenvalue weighted by Gasteiger charge is -2.09. The molecule has 6 heteroatoms. The van der Waals surface area contributed by atoms with Gasteiger partial charge in [-0.15, -0.1) is 5.10 Å². The molecule has 3 rings (SSSR count). The quantitative estimate of drug-likeness (QED) is 0.804. The first kappa shape index (κ1) is 12.9. The van der Waals surface area contributed by atoms with Gasteiger partial charge in [0.15, 0.2) is 5.76 Å². The summed E-state index contributed by atoms with van der Waals surface area (Å²) in [5, 5.41) is 8.98. The summed E-state index contributed by atoms with van der Waals surface area (Å²) >= 11 is 6.17. The molecule has 2 N–H and O–H groups in total. The lowest BCUT2D eigenvalue weighted by molar-refractivity contribution is 0.576. The molecule has 2 aromatic heterocycles. The molecule has 1 aromatic carbocycles. The normalized spacial score (nSPS) is 10.9. The Kier molecular flexibility index (Phi) is 3.30. The standard InChI is InChI=1S/C14H13ClN4O/c1-9-10(15)4-2-5-12(9)19-14(11(8-16)17-18-19)13-6-3-7-20-13/h2-7H,8,16H2,1H3. The Bertz CT molecular complexity index is 734. The lowest BCUT2D eigenvalue weighted by atomic mass is 10.2. The van der Waals surface area contributed by atoms with Crippen LogP contribution in [0, 0.1) is 6.92 Å². The summed E-state index contributed by atoms with van der Waals surface area (Å²) in [6, 6.07) is 9.32. The molecule has 0 saturated heterocycles. The number of nitrogens with two attached hydrogens (primary N) is 1. The van der Waals surface area contributed by atoms with Crippen LogP contribution >= 0.6 is 11.6 Å². The molecular formula is C14H13ClN4O. The van der Waals surface area contributed by atoms with Crippen LogP contribution in [0.5, 0.6) is 0 Å². The van der Waals surface area contributed by atoms with E-state index in [-0.39, 0.29) is 6.54 Å². The molecule has 0 amide bonds. The molecule has 0 atom stereocenters. The summed E-state index contributed by atoms with van der Waals surface area (Å²) in [6.07, 6.45) is 1.61. The van der Waals surface area contributed by atoms with Crippen molar-refractivity contribution in [2.24, 2.45) is 5.73 Å². The van der Waals surface area contributed by atoms with Crippen LogP contribution in [0.15, 0.2) is 41.0 Å². The van der Waals surface area contributed by atoms with E-state index in [9.17, 15) is 0 Å². The molecule has 0 unspecified atom stereocenters. The summed E-state index contributed by atoms with van der Waals surface area (Å²) in [5.74, 6) is 0.676. The number of hydrogen-bond donors (Lipinski definition) is 1. The number of benzene rings is 1. The molecule has 0 saturated carbocycles. The maximum absolute atomic E-state index is 6.17. The van der Waals surface area contributed by atoms with Gasteiger partial charge in [-0.25, -0.2) is 4.68 Å². The van der Waals surface area contributed by atoms with E-state index < -0.39 is 0 Å². The van der Waals surface area contributed by atoms with Gasteiger partial charge in [-0.1, -0.05) is 22.9 Å². The maximum atomic E-state index is 6.17. The average Bonchev–Trinajstić information content (AvgIpc) is 3.09. The van der Waals surface area contributed by atoms with Crippen LogP contribution in [0.25, 0.3) is 17.1 Å². The maximum Gasteiger partial charge on any atom is 0.154 e. The Balaban J connectivity index is 2.25. The van der Waals surface area contributed by atoms with E-state index in [1.807, 2.05) is 37.3 Å². The van der Waals surface area contributed by atoms with Crippen molar-refractivity contribution in [3.05, 3.63) is 52.9 Å². The second-order valence-corrected chi connectivity index (χ2v) is 4.77. The van der Waals surface area contributed by atoms with Crippen molar-refractivity contribution in [1.29, 1.82) is 0 Å². The minimum atomic E-state index is 0.287. The van der Waals surface area contributed by atoms with E-state index >= 15 is 0 Å². The van der Waals surface area contributed by atoms with Crippen molar-refractivity contribution < 1.29 is 4.42 Å². The molecule has 20 heavy (non-hydrogen) atoms. The minimum absolute atomic E-state index is 0.287. The first-order valence-electron chi connectivity index (χ1n) is 6.16. The number of rotatable bonds is 3. The van der Waals surface area contributed by atoms with Gasteiger partial charge in [-0.2, -0.15) is 0 Å². The summed E-state index contributed by atoms with van der Waals surface area (Å²) in [7, 11) is 0. The average molecular weight is 289 g/mol. The highest BCUT2D eigenvalue weighted by Gasteiger charge is 2.19. The Morgan fingerprint density at radius 1 is 1.30 bits per heavy atom. The molecule has 0 fully saturated rings. The van der Waals surface area contributed by atoms with Crippen molar-refractivity contribution in [2.75, 3.05) is 0 Å². The fourth-order valence-electron chi connectivity index (χ4n) is 2.10. The molecule has 2 heterocycles. The number of furan rings is 1. The molecule has 5 nitrogen and oxygen atoms in total. The van der Waals surface area contributed by atoms with Crippen molar-refractivity contribution in [2.45, 2.75) is 13.5 Å². The molecule has 102 valence electrons. The van der Waals surface area contributed by atoms with Crippen LogP contribution in [-0.2, 0) is 6.54 Å². The highest BCUT2D eigenvalue weighted by Crippen LogP contribution is 2.29. The topological polar surface area (TPSA) is 69.9 Å². The van der Waals surface area contributed by atoms with E-state index in [2.05, 4.69) is 10.3 Å². The molecule has 0 aliphatic carbocycles. The number of halogens is 1. The van der Waals surface area contributed by atoms with Gasteiger partial charge >= 0.3 is 0 Å². The predicted octanol–water partition coefficient (Wildman–Crippen LogP) is 2.95. The van der Waals surface area contributed by atoms with Gasteiger partial charge in [0, 0.05) is 11.6 Å². The van der Waals surface area contributed by atoms with Gasteiger partial charge in [0.2, 0.25) is 0 Å². The second-order valence-electron chi connectivity index (χ2n) is 4.36. The Labute approximate surface area is 121 Å². The van der Waals surface area contributed by atoms with Gasteiger partial charge < -0.3 is 10.2 Å².